The van der Waals surface area contributed by atoms with Crippen LogP contribution in [-0.2, 0) is 20.7 Å². The van der Waals surface area contributed by atoms with E-state index in [0.717, 1.165) is 5.56 Å². The van der Waals surface area contributed by atoms with Gasteiger partial charge in [-0.2, -0.15) is 0 Å². The average Bonchev–Trinajstić information content (AvgIpc) is 2.37. The minimum Gasteiger partial charge on any atom is -0.468 e. The molecule has 0 bridgehead atoms. The normalized spacial score (nSPS) is 9.94. The van der Waals surface area contributed by atoms with Gasteiger partial charge in [0.2, 0.25) is 5.91 Å². The molecule has 0 aliphatic carbocycles. The van der Waals surface area contributed by atoms with Crippen molar-refractivity contribution in [3.05, 3.63) is 35.4 Å². The molecule has 0 aliphatic heterocycles. The highest BCUT2D eigenvalue weighted by Crippen LogP contribution is 2.10. The number of hydrogen-bond donors (Lipinski definition) is 0. The van der Waals surface area contributed by atoms with Crippen LogP contribution >= 0.6 is 0 Å². The molecule has 0 aromatic heterocycles. The predicted molar refractivity (Wildman–Crippen MR) is 69.2 cm³/mol. The van der Waals surface area contributed by atoms with E-state index in [-0.39, 0.29) is 12.5 Å². The summed E-state index contributed by atoms with van der Waals surface area (Å²) in [4.78, 5) is 24.2. The van der Waals surface area contributed by atoms with Crippen LogP contribution in [0.5, 0.6) is 0 Å². The topological polar surface area (TPSA) is 46.6 Å². The molecule has 0 aliphatic rings. The van der Waals surface area contributed by atoms with Crippen LogP contribution in [0.1, 0.15) is 17.5 Å². The maximum Gasteiger partial charge on any atom is 0.325 e. The third-order valence-corrected chi connectivity index (χ3v) is 2.89. The maximum atomic E-state index is 11.8. The number of carbonyl (C=O) groups excluding carboxylic acids is 2. The Morgan fingerprint density at radius 2 is 1.94 bits per heavy atom. The Kier molecular flexibility index (Phi) is 5.36. The van der Waals surface area contributed by atoms with Crippen LogP contribution in [0.3, 0.4) is 0 Å². The molecule has 1 aromatic carbocycles. The van der Waals surface area contributed by atoms with E-state index in [1.165, 1.54) is 17.6 Å². The van der Waals surface area contributed by atoms with E-state index in [1.807, 2.05) is 31.2 Å². The van der Waals surface area contributed by atoms with Crippen molar-refractivity contribution >= 4 is 11.9 Å². The van der Waals surface area contributed by atoms with E-state index < -0.39 is 5.97 Å². The zero-order valence-electron chi connectivity index (χ0n) is 11.1. The summed E-state index contributed by atoms with van der Waals surface area (Å²) in [6, 6.07) is 7.98. The highest BCUT2D eigenvalue weighted by atomic mass is 16.5. The van der Waals surface area contributed by atoms with Crippen molar-refractivity contribution in [1.82, 2.24) is 4.90 Å². The van der Waals surface area contributed by atoms with Crippen molar-refractivity contribution in [2.24, 2.45) is 0 Å². The average molecular weight is 249 g/mol. The first kappa shape index (κ1) is 14.2. The lowest BCUT2D eigenvalue weighted by molar-refractivity contribution is -0.146. The molecule has 0 saturated carbocycles. The van der Waals surface area contributed by atoms with Crippen molar-refractivity contribution < 1.29 is 14.3 Å². The number of carbonyl (C=O) groups is 2. The van der Waals surface area contributed by atoms with Gasteiger partial charge in [0, 0.05) is 13.5 Å². The van der Waals surface area contributed by atoms with Crippen LogP contribution in [-0.4, -0.2) is 37.5 Å². The molecule has 0 heterocycles. The number of nitrogens with zero attached hydrogens (tertiary/aromatic N) is 1. The number of methoxy groups -OCH3 is 1. The van der Waals surface area contributed by atoms with Gasteiger partial charge in [0.1, 0.15) is 6.54 Å². The molecule has 1 aromatic rings. The second kappa shape index (κ2) is 6.79. The summed E-state index contributed by atoms with van der Waals surface area (Å²) in [5, 5.41) is 0. The molecule has 4 nitrogen and oxygen atoms in total. The van der Waals surface area contributed by atoms with Crippen molar-refractivity contribution in [2.45, 2.75) is 19.8 Å². The van der Waals surface area contributed by atoms with Gasteiger partial charge in [0.05, 0.1) is 7.11 Å². The molecular formula is C14H19NO3. The molecule has 98 valence electrons. The first-order chi connectivity index (χ1) is 8.54. The van der Waals surface area contributed by atoms with E-state index in [0.29, 0.717) is 12.8 Å². The molecule has 0 unspecified atom stereocenters. The Hall–Kier alpha value is -1.84. The van der Waals surface area contributed by atoms with Crippen molar-refractivity contribution in [1.29, 1.82) is 0 Å². The summed E-state index contributed by atoms with van der Waals surface area (Å²) in [6.45, 7) is 2.03. The summed E-state index contributed by atoms with van der Waals surface area (Å²) in [7, 11) is 2.92. The monoisotopic (exact) mass is 249 g/mol. The summed E-state index contributed by atoms with van der Waals surface area (Å²) in [5.74, 6) is -0.453. The SMILES string of the molecule is COC(=O)CN(C)C(=O)CCc1ccccc1C. The van der Waals surface area contributed by atoms with Gasteiger partial charge in [-0.05, 0) is 24.5 Å². The van der Waals surface area contributed by atoms with Gasteiger partial charge in [0.15, 0.2) is 0 Å². The molecule has 0 atom stereocenters. The summed E-state index contributed by atoms with van der Waals surface area (Å²) in [5.41, 5.74) is 2.35. The van der Waals surface area contributed by atoms with Crippen LogP contribution in [0, 0.1) is 6.92 Å². The zero-order chi connectivity index (χ0) is 13.5. The first-order valence-electron chi connectivity index (χ1n) is 5.90. The van der Waals surface area contributed by atoms with Gasteiger partial charge in [-0.15, -0.1) is 0 Å². The first-order valence-corrected chi connectivity index (χ1v) is 5.90. The summed E-state index contributed by atoms with van der Waals surface area (Å²) < 4.78 is 4.52. The lowest BCUT2D eigenvalue weighted by atomic mass is 10.0. The molecule has 18 heavy (non-hydrogen) atoms. The van der Waals surface area contributed by atoms with Crippen molar-refractivity contribution in [3.63, 3.8) is 0 Å². The third-order valence-electron chi connectivity index (χ3n) is 2.89. The predicted octanol–water partition coefficient (Wildman–Crippen LogP) is 1.56. The number of aryl methyl sites for hydroxylation is 2. The Bertz CT molecular complexity index is 429. The Morgan fingerprint density at radius 3 is 2.56 bits per heavy atom. The Balaban J connectivity index is 2.46. The standard InChI is InChI=1S/C14H19NO3/c1-11-6-4-5-7-12(11)8-9-13(16)15(2)10-14(17)18-3/h4-7H,8-10H2,1-3H3. The fourth-order valence-corrected chi connectivity index (χ4v) is 1.67. The van der Waals surface area contributed by atoms with E-state index in [1.54, 1.807) is 7.05 Å². The lowest BCUT2D eigenvalue weighted by Gasteiger charge is -2.15. The minimum atomic E-state index is -0.401. The van der Waals surface area contributed by atoms with E-state index in [9.17, 15) is 9.59 Å². The van der Waals surface area contributed by atoms with Gasteiger partial charge in [-0.25, -0.2) is 0 Å². The molecule has 0 saturated heterocycles. The number of ether oxygens (including phenoxy) is 1. The third kappa shape index (κ3) is 4.20. The molecule has 4 heteroatoms. The molecule has 0 radical (unpaired) electrons. The van der Waals surface area contributed by atoms with Crippen LogP contribution in [0.25, 0.3) is 0 Å². The zero-order valence-corrected chi connectivity index (χ0v) is 11.1. The summed E-state index contributed by atoms with van der Waals surface area (Å²) >= 11 is 0. The van der Waals surface area contributed by atoms with Gasteiger partial charge in [-0.1, -0.05) is 24.3 Å². The molecule has 0 fully saturated rings. The number of likely N-dealkylation sites (N-methyl/N-ethyl adjacent to an activating group) is 1. The van der Waals surface area contributed by atoms with Gasteiger partial charge in [-0.3, -0.25) is 9.59 Å². The molecule has 0 spiro atoms. The quantitative estimate of drug-likeness (QED) is 0.744. The Morgan fingerprint density at radius 1 is 1.28 bits per heavy atom. The maximum absolute atomic E-state index is 11.8. The number of hydrogen-bond acceptors (Lipinski definition) is 3. The molecular weight excluding hydrogens is 230 g/mol. The number of esters is 1. The second-order valence-electron chi connectivity index (χ2n) is 4.25. The molecule has 1 amide bonds. The van der Waals surface area contributed by atoms with E-state index in [4.69, 9.17) is 0 Å². The number of benzene rings is 1. The fraction of sp³-hybridized carbons (Fsp3) is 0.429. The molecule has 1 rings (SSSR count). The van der Waals surface area contributed by atoms with Crippen LogP contribution in [0.15, 0.2) is 24.3 Å². The Labute approximate surface area is 108 Å². The summed E-state index contributed by atoms with van der Waals surface area (Å²) in [6.07, 6.45) is 1.09. The van der Waals surface area contributed by atoms with Gasteiger partial charge in [0.25, 0.3) is 0 Å². The second-order valence-corrected chi connectivity index (χ2v) is 4.25. The van der Waals surface area contributed by atoms with Crippen LogP contribution < -0.4 is 0 Å². The minimum absolute atomic E-state index is 0.00308. The highest BCUT2D eigenvalue weighted by Gasteiger charge is 2.13. The number of rotatable bonds is 5. The van der Waals surface area contributed by atoms with Crippen molar-refractivity contribution in [3.8, 4) is 0 Å². The smallest absolute Gasteiger partial charge is 0.325 e. The molecule has 0 N–H and O–H groups in total. The van der Waals surface area contributed by atoms with Gasteiger partial charge >= 0.3 is 5.97 Å². The lowest BCUT2D eigenvalue weighted by Crippen LogP contribution is -2.32. The largest absolute Gasteiger partial charge is 0.468 e. The number of amides is 1. The van der Waals surface area contributed by atoms with E-state index >= 15 is 0 Å². The van der Waals surface area contributed by atoms with Crippen LogP contribution in [0.4, 0.5) is 0 Å². The van der Waals surface area contributed by atoms with E-state index in [2.05, 4.69) is 4.74 Å². The van der Waals surface area contributed by atoms with Crippen LogP contribution in [0.2, 0.25) is 0 Å². The van der Waals surface area contributed by atoms with Gasteiger partial charge < -0.3 is 9.64 Å². The fourth-order valence-electron chi connectivity index (χ4n) is 1.67. The van der Waals surface area contributed by atoms with Crippen molar-refractivity contribution in [2.75, 3.05) is 20.7 Å². The highest BCUT2D eigenvalue weighted by molar-refractivity contribution is 5.81.